The SMILES string of the molecule is N[C@H]1C[C@@H](N2Cc3cn(CS)nc3C2)CO[C@@H]1c1cc(F)ccc1F. The molecule has 5 nitrogen and oxygen atoms in total. The van der Waals surface area contributed by atoms with Gasteiger partial charge in [0.25, 0.3) is 0 Å². The Balaban J connectivity index is 1.43. The zero-order valence-electron chi connectivity index (χ0n) is 13.6. The first-order valence-electron chi connectivity index (χ1n) is 8.27. The maximum absolute atomic E-state index is 14.0. The molecule has 0 saturated carbocycles. The molecular weight excluding hydrogens is 346 g/mol. The summed E-state index contributed by atoms with van der Waals surface area (Å²) in [4.78, 5) is 2.28. The third-order valence-electron chi connectivity index (χ3n) is 4.98. The zero-order valence-corrected chi connectivity index (χ0v) is 14.5. The average Bonchev–Trinajstić information content (AvgIpc) is 3.15. The number of nitrogens with zero attached hydrogens (tertiary/aromatic N) is 3. The summed E-state index contributed by atoms with van der Waals surface area (Å²) in [5.41, 5.74) is 8.69. The molecule has 1 aromatic heterocycles. The van der Waals surface area contributed by atoms with E-state index in [1.54, 1.807) is 0 Å². The van der Waals surface area contributed by atoms with Crippen molar-refractivity contribution in [1.82, 2.24) is 14.7 Å². The number of nitrogens with two attached hydrogens (primary N) is 1. The number of hydrogen-bond donors (Lipinski definition) is 2. The summed E-state index contributed by atoms with van der Waals surface area (Å²) >= 11 is 4.22. The lowest BCUT2D eigenvalue weighted by Crippen LogP contribution is -2.47. The van der Waals surface area contributed by atoms with Gasteiger partial charge in [0.1, 0.15) is 17.7 Å². The van der Waals surface area contributed by atoms with E-state index in [1.807, 2.05) is 10.9 Å². The maximum Gasteiger partial charge on any atom is 0.129 e. The molecule has 0 spiro atoms. The van der Waals surface area contributed by atoms with Gasteiger partial charge in [0.2, 0.25) is 0 Å². The van der Waals surface area contributed by atoms with Crippen LogP contribution in [0.3, 0.4) is 0 Å². The third kappa shape index (κ3) is 3.19. The number of hydrogen-bond acceptors (Lipinski definition) is 5. The largest absolute Gasteiger partial charge is 0.370 e. The Kier molecular flexibility index (Phi) is 4.53. The second-order valence-corrected chi connectivity index (χ2v) is 6.94. The summed E-state index contributed by atoms with van der Waals surface area (Å²) in [5, 5.41) is 4.49. The first kappa shape index (κ1) is 17.0. The minimum absolute atomic E-state index is 0.140. The van der Waals surface area contributed by atoms with Crippen LogP contribution in [0.15, 0.2) is 24.4 Å². The summed E-state index contributed by atoms with van der Waals surface area (Å²) in [5.74, 6) is -0.409. The van der Waals surface area contributed by atoms with Crippen molar-refractivity contribution in [2.45, 2.75) is 43.6 Å². The monoisotopic (exact) mass is 366 g/mol. The van der Waals surface area contributed by atoms with Crippen LogP contribution in [-0.2, 0) is 23.7 Å². The van der Waals surface area contributed by atoms with Crippen LogP contribution >= 0.6 is 12.6 Å². The number of ether oxygens (including phenoxy) is 1. The van der Waals surface area contributed by atoms with Crippen molar-refractivity contribution in [1.29, 1.82) is 0 Å². The van der Waals surface area contributed by atoms with Crippen LogP contribution in [0.5, 0.6) is 0 Å². The van der Waals surface area contributed by atoms with E-state index in [0.29, 0.717) is 18.9 Å². The van der Waals surface area contributed by atoms with Crippen LogP contribution in [0.2, 0.25) is 0 Å². The Labute approximate surface area is 150 Å². The van der Waals surface area contributed by atoms with Crippen molar-refractivity contribution in [3.63, 3.8) is 0 Å². The number of rotatable bonds is 3. The average molecular weight is 366 g/mol. The lowest BCUT2D eigenvalue weighted by atomic mass is 9.93. The smallest absolute Gasteiger partial charge is 0.129 e. The van der Waals surface area contributed by atoms with Crippen molar-refractivity contribution < 1.29 is 13.5 Å². The van der Waals surface area contributed by atoms with Crippen LogP contribution in [0.1, 0.15) is 29.3 Å². The summed E-state index contributed by atoms with van der Waals surface area (Å²) in [6.07, 6.45) is 2.05. The number of fused-ring (bicyclic) bond motifs is 1. The summed E-state index contributed by atoms with van der Waals surface area (Å²) in [6, 6.07) is 3.14. The Morgan fingerprint density at radius 1 is 1.32 bits per heavy atom. The number of thiol groups is 1. The Morgan fingerprint density at radius 2 is 2.16 bits per heavy atom. The molecule has 1 fully saturated rings. The minimum atomic E-state index is -0.620. The van der Waals surface area contributed by atoms with Crippen molar-refractivity contribution in [3.8, 4) is 0 Å². The van der Waals surface area contributed by atoms with Gasteiger partial charge < -0.3 is 10.5 Å². The molecule has 3 heterocycles. The molecule has 2 aliphatic heterocycles. The van der Waals surface area contributed by atoms with E-state index >= 15 is 0 Å². The van der Waals surface area contributed by atoms with Gasteiger partial charge in [-0.25, -0.2) is 8.78 Å². The van der Waals surface area contributed by atoms with Crippen LogP contribution in [-0.4, -0.2) is 33.4 Å². The van der Waals surface area contributed by atoms with Gasteiger partial charge in [-0.15, -0.1) is 0 Å². The predicted octanol–water partition coefficient (Wildman–Crippen LogP) is 2.22. The summed E-state index contributed by atoms with van der Waals surface area (Å²) in [7, 11) is 0. The van der Waals surface area contributed by atoms with E-state index in [9.17, 15) is 8.78 Å². The molecule has 0 bridgehead atoms. The standard InChI is InChI=1S/C17H20F2N4OS/c18-11-1-2-14(19)13(3-11)17-15(20)4-12(8-24-17)22-5-10-6-23(9-25)21-16(10)7-22/h1-3,6,12,15,17,25H,4-5,7-9,20H2/t12-,15+,17-/m1/s1. The second kappa shape index (κ2) is 6.68. The van der Waals surface area contributed by atoms with E-state index in [1.165, 1.54) is 11.6 Å². The van der Waals surface area contributed by atoms with Crippen molar-refractivity contribution in [2.75, 3.05) is 6.61 Å². The highest BCUT2D eigenvalue weighted by Crippen LogP contribution is 2.34. The fourth-order valence-corrected chi connectivity index (χ4v) is 3.86. The summed E-state index contributed by atoms with van der Waals surface area (Å²) < 4.78 is 35.1. The first-order chi connectivity index (χ1) is 12.0. The maximum atomic E-state index is 14.0. The van der Waals surface area contributed by atoms with Gasteiger partial charge in [0.15, 0.2) is 0 Å². The van der Waals surface area contributed by atoms with Gasteiger partial charge in [0.05, 0.1) is 18.2 Å². The highest BCUT2D eigenvalue weighted by atomic mass is 32.1. The highest BCUT2D eigenvalue weighted by molar-refractivity contribution is 7.79. The van der Waals surface area contributed by atoms with E-state index < -0.39 is 17.7 Å². The predicted molar refractivity (Wildman–Crippen MR) is 91.9 cm³/mol. The fourth-order valence-electron chi connectivity index (χ4n) is 3.72. The van der Waals surface area contributed by atoms with Gasteiger partial charge in [-0.1, -0.05) is 0 Å². The molecule has 2 aliphatic rings. The molecule has 0 radical (unpaired) electrons. The molecule has 0 amide bonds. The number of benzene rings is 1. The van der Waals surface area contributed by atoms with Gasteiger partial charge in [-0.2, -0.15) is 17.7 Å². The second-order valence-electron chi connectivity index (χ2n) is 6.66. The Hall–Kier alpha value is -1.48. The lowest BCUT2D eigenvalue weighted by molar-refractivity contribution is -0.0533. The molecular formula is C17H20F2N4OS. The normalized spacial score (nSPS) is 26.8. The van der Waals surface area contributed by atoms with E-state index in [2.05, 4.69) is 22.6 Å². The quantitative estimate of drug-likeness (QED) is 0.818. The molecule has 0 aliphatic carbocycles. The van der Waals surface area contributed by atoms with E-state index in [-0.39, 0.29) is 17.6 Å². The molecule has 3 atom stereocenters. The number of halogens is 2. The summed E-state index contributed by atoms with van der Waals surface area (Å²) in [6.45, 7) is 1.98. The molecule has 4 rings (SSSR count). The van der Waals surface area contributed by atoms with Gasteiger partial charge >= 0.3 is 0 Å². The van der Waals surface area contributed by atoms with Crippen LogP contribution in [0.4, 0.5) is 8.78 Å². The van der Waals surface area contributed by atoms with Gasteiger partial charge in [0, 0.05) is 42.5 Å². The molecule has 25 heavy (non-hydrogen) atoms. The molecule has 2 aromatic rings. The van der Waals surface area contributed by atoms with Crippen LogP contribution in [0.25, 0.3) is 0 Å². The molecule has 2 N–H and O–H groups in total. The number of aromatic nitrogens is 2. The van der Waals surface area contributed by atoms with Gasteiger partial charge in [-0.3, -0.25) is 9.58 Å². The molecule has 1 saturated heterocycles. The van der Waals surface area contributed by atoms with Crippen LogP contribution < -0.4 is 5.73 Å². The van der Waals surface area contributed by atoms with Crippen molar-refractivity contribution in [3.05, 3.63) is 52.9 Å². The lowest BCUT2D eigenvalue weighted by Gasteiger charge is -2.38. The molecule has 0 unspecified atom stereocenters. The van der Waals surface area contributed by atoms with Crippen LogP contribution in [0, 0.1) is 11.6 Å². The van der Waals surface area contributed by atoms with E-state index in [0.717, 1.165) is 30.9 Å². The third-order valence-corrected chi connectivity index (χ3v) is 5.27. The van der Waals surface area contributed by atoms with E-state index in [4.69, 9.17) is 10.5 Å². The van der Waals surface area contributed by atoms with Gasteiger partial charge in [-0.05, 0) is 24.6 Å². The molecule has 1 aromatic carbocycles. The molecule has 134 valence electrons. The fraction of sp³-hybridized carbons (Fsp3) is 0.471. The van der Waals surface area contributed by atoms with Crippen molar-refractivity contribution in [2.24, 2.45) is 5.73 Å². The Morgan fingerprint density at radius 3 is 2.88 bits per heavy atom. The topological polar surface area (TPSA) is 56.3 Å². The minimum Gasteiger partial charge on any atom is -0.370 e. The highest BCUT2D eigenvalue weighted by Gasteiger charge is 2.37. The zero-order chi connectivity index (χ0) is 17.6. The Bertz CT molecular complexity index is 761. The molecule has 8 heteroatoms. The van der Waals surface area contributed by atoms with Crippen molar-refractivity contribution >= 4 is 12.6 Å². The first-order valence-corrected chi connectivity index (χ1v) is 8.90.